The number of amides is 1. The summed E-state index contributed by atoms with van der Waals surface area (Å²) in [4.78, 5) is 24.1. The number of alkyl halides is 3. The maximum absolute atomic E-state index is 13.5. The lowest BCUT2D eigenvalue weighted by Gasteiger charge is -2.28. The van der Waals surface area contributed by atoms with Crippen molar-refractivity contribution in [1.29, 1.82) is 0 Å². The third-order valence-corrected chi connectivity index (χ3v) is 5.69. The Morgan fingerprint density at radius 1 is 1.00 bits per heavy atom. The highest BCUT2D eigenvalue weighted by atomic mass is 19.4. The molecule has 0 spiro atoms. The van der Waals surface area contributed by atoms with Crippen molar-refractivity contribution in [2.45, 2.75) is 13.1 Å². The number of fused-ring (bicyclic) bond motifs is 1. The van der Waals surface area contributed by atoms with Gasteiger partial charge in [0.15, 0.2) is 11.3 Å². The van der Waals surface area contributed by atoms with Gasteiger partial charge in [-0.25, -0.2) is 14.5 Å². The zero-order valence-corrected chi connectivity index (χ0v) is 18.7. The lowest BCUT2D eigenvalue weighted by atomic mass is 10.0. The molecule has 4 aromatic rings. The highest BCUT2D eigenvalue weighted by Gasteiger charge is 2.34. The Bertz CT molecular complexity index is 1400. The van der Waals surface area contributed by atoms with Crippen LogP contribution in [0.15, 0.2) is 54.6 Å². The number of aryl methyl sites for hydroxylation is 1. The van der Waals surface area contributed by atoms with E-state index in [9.17, 15) is 18.0 Å². The van der Waals surface area contributed by atoms with Gasteiger partial charge in [-0.3, -0.25) is 4.79 Å². The van der Waals surface area contributed by atoms with Crippen LogP contribution in [0.3, 0.4) is 0 Å². The molecule has 0 bridgehead atoms. The summed E-state index contributed by atoms with van der Waals surface area (Å²) in [6.45, 7) is 4.24. The van der Waals surface area contributed by atoms with E-state index in [4.69, 9.17) is 4.74 Å². The highest BCUT2D eigenvalue weighted by Crippen LogP contribution is 2.36. The van der Waals surface area contributed by atoms with Crippen LogP contribution in [0, 0.1) is 6.92 Å². The number of benzene rings is 1. The number of nitrogens with one attached hydrogen (secondary N) is 1. The summed E-state index contributed by atoms with van der Waals surface area (Å²) in [5, 5.41) is 7.11. The molecule has 1 aliphatic heterocycles. The van der Waals surface area contributed by atoms with E-state index < -0.39 is 17.6 Å². The van der Waals surface area contributed by atoms with Crippen LogP contribution in [0.25, 0.3) is 16.9 Å². The average molecular weight is 482 g/mol. The molecule has 1 aliphatic rings. The monoisotopic (exact) mass is 482 g/mol. The fraction of sp³-hybridized carbons (Fsp3) is 0.250. The minimum Gasteiger partial charge on any atom is -0.378 e. The van der Waals surface area contributed by atoms with Gasteiger partial charge in [-0.05, 0) is 37.3 Å². The number of ether oxygens (including phenoxy) is 1. The topological polar surface area (TPSA) is 84.7 Å². The van der Waals surface area contributed by atoms with Gasteiger partial charge in [0.1, 0.15) is 11.6 Å². The highest BCUT2D eigenvalue weighted by molar-refractivity contribution is 6.04. The Morgan fingerprint density at radius 3 is 2.54 bits per heavy atom. The lowest BCUT2D eigenvalue weighted by Crippen LogP contribution is -2.36. The van der Waals surface area contributed by atoms with E-state index in [2.05, 4.69) is 25.3 Å². The second-order valence-corrected chi connectivity index (χ2v) is 8.01. The maximum atomic E-state index is 13.5. The number of nitrogens with zero attached hydrogens (tertiary/aromatic N) is 5. The van der Waals surface area contributed by atoms with Crippen LogP contribution in [-0.4, -0.2) is 51.8 Å². The van der Waals surface area contributed by atoms with Gasteiger partial charge in [-0.15, -0.1) is 0 Å². The summed E-state index contributed by atoms with van der Waals surface area (Å²) in [6, 6.07) is 13.5. The Labute approximate surface area is 198 Å². The van der Waals surface area contributed by atoms with Crippen molar-refractivity contribution in [3.8, 4) is 11.3 Å². The third-order valence-electron chi connectivity index (χ3n) is 5.69. The molecular weight excluding hydrogens is 461 g/mol. The summed E-state index contributed by atoms with van der Waals surface area (Å²) in [5.41, 5.74) is 0.0315. The molecule has 4 heterocycles. The SMILES string of the molecule is Cc1nc2ccc(-c3ccccc3C(F)(F)F)nn2c1C(=O)Nc1cccc(N2CCOCC2)n1. The van der Waals surface area contributed by atoms with Crippen LogP contribution < -0.4 is 10.2 Å². The second-order valence-electron chi connectivity index (χ2n) is 8.01. The molecule has 8 nitrogen and oxygen atoms in total. The average Bonchev–Trinajstić information content (AvgIpc) is 3.19. The van der Waals surface area contributed by atoms with Gasteiger partial charge < -0.3 is 15.0 Å². The van der Waals surface area contributed by atoms with Gasteiger partial charge in [0, 0.05) is 18.7 Å². The largest absolute Gasteiger partial charge is 0.417 e. The first-order chi connectivity index (χ1) is 16.8. The van der Waals surface area contributed by atoms with Gasteiger partial charge in [0.2, 0.25) is 0 Å². The number of aromatic nitrogens is 4. The molecule has 1 amide bonds. The van der Waals surface area contributed by atoms with Crippen LogP contribution in [0.1, 0.15) is 21.7 Å². The molecule has 3 aromatic heterocycles. The van der Waals surface area contributed by atoms with Gasteiger partial charge in [0.05, 0.1) is 30.2 Å². The summed E-state index contributed by atoms with van der Waals surface area (Å²) in [6.07, 6.45) is -4.55. The fourth-order valence-corrected chi connectivity index (χ4v) is 4.04. The molecule has 180 valence electrons. The lowest BCUT2D eigenvalue weighted by molar-refractivity contribution is -0.137. The van der Waals surface area contributed by atoms with Crippen LogP contribution >= 0.6 is 0 Å². The smallest absolute Gasteiger partial charge is 0.378 e. The van der Waals surface area contributed by atoms with Crippen molar-refractivity contribution in [2.75, 3.05) is 36.5 Å². The van der Waals surface area contributed by atoms with Crippen molar-refractivity contribution in [2.24, 2.45) is 0 Å². The van der Waals surface area contributed by atoms with Gasteiger partial charge in [-0.2, -0.15) is 18.3 Å². The summed E-state index contributed by atoms with van der Waals surface area (Å²) in [7, 11) is 0. The van der Waals surface area contributed by atoms with E-state index in [0.29, 0.717) is 49.3 Å². The van der Waals surface area contributed by atoms with E-state index >= 15 is 0 Å². The van der Waals surface area contributed by atoms with Crippen molar-refractivity contribution >= 4 is 23.2 Å². The molecule has 1 fully saturated rings. The predicted molar refractivity (Wildman–Crippen MR) is 123 cm³/mol. The van der Waals surface area contributed by atoms with E-state index in [-0.39, 0.29) is 17.0 Å². The third kappa shape index (κ3) is 4.54. The number of imidazole rings is 1. The molecule has 0 radical (unpaired) electrons. The molecular formula is C24H21F3N6O2. The van der Waals surface area contributed by atoms with E-state index in [1.54, 1.807) is 19.1 Å². The summed E-state index contributed by atoms with van der Waals surface area (Å²) < 4.78 is 47.3. The van der Waals surface area contributed by atoms with Gasteiger partial charge >= 0.3 is 6.18 Å². The van der Waals surface area contributed by atoms with E-state index in [1.807, 2.05) is 6.07 Å². The summed E-state index contributed by atoms with van der Waals surface area (Å²) in [5.74, 6) is 0.535. The molecule has 0 saturated carbocycles. The molecule has 0 unspecified atom stereocenters. The molecule has 11 heteroatoms. The molecule has 5 rings (SSSR count). The number of rotatable bonds is 4. The molecule has 0 aliphatic carbocycles. The van der Waals surface area contributed by atoms with Crippen molar-refractivity contribution < 1.29 is 22.7 Å². The normalized spacial score (nSPS) is 14.3. The Kier molecular flexibility index (Phi) is 5.85. The Hall–Kier alpha value is -3.99. The number of carbonyl (C=O) groups is 1. The van der Waals surface area contributed by atoms with Crippen LogP contribution in [0.5, 0.6) is 0 Å². The molecule has 35 heavy (non-hydrogen) atoms. The minimum absolute atomic E-state index is 0.0734. The van der Waals surface area contributed by atoms with Gasteiger partial charge in [-0.1, -0.05) is 24.3 Å². The van der Waals surface area contributed by atoms with Crippen LogP contribution in [-0.2, 0) is 10.9 Å². The van der Waals surface area contributed by atoms with Crippen molar-refractivity contribution in [1.82, 2.24) is 19.6 Å². The predicted octanol–water partition coefficient (Wildman–Crippen LogP) is 4.21. The van der Waals surface area contributed by atoms with E-state index in [1.165, 1.54) is 34.8 Å². The number of carbonyl (C=O) groups excluding carboxylic acids is 1. The number of hydrogen-bond acceptors (Lipinski definition) is 6. The second kappa shape index (κ2) is 8.99. The number of hydrogen-bond donors (Lipinski definition) is 1. The first kappa shape index (κ1) is 22.8. The fourth-order valence-electron chi connectivity index (χ4n) is 4.04. The molecule has 0 atom stereocenters. The summed E-state index contributed by atoms with van der Waals surface area (Å²) >= 11 is 0. The minimum atomic E-state index is -4.55. The number of halogens is 3. The number of anilines is 2. The maximum Gasteiger partial charge on any atom is 0.417 e. The zero-order chi connectivity index (χ0) is 24.6. The first-order valence-corrected chi connectivity index (χ1v) is 11.0. The number of pyridine rings is 1. The zero-order valence-electron chi connectivity index (χ0n) is 18.7. The van der Waals surface area contributed by atoms with Crippen molar-refractivity contribution in [3.05, 3.63) is 71.5 Å². The first-order valence-electron chi connectivity index (χ1n) is 11.0. The molecule has 1 saturated heterocycles. The molecule has 1 aromatic carbocycles. The Balaban J connectivity index is 1.49. The van der Waals surface area contributed by atoms with E-state index in [0.717, 1.165) is 6.07 Å². The van der Waals surface area contributed by atoms with Gasteiger partial charge in [0.25, 0.3) is 5.91 Å². The Morgan fingerprint density at radius 2 is 1.77 bits per heavy atom. The van der Waals surface area contributed by atoms with Crippen LogP contribution in [0.4, 0.5) is 24.8 Å². The standard InChI is InChI=1S/C24H21F3N6O2/c1-15-22(23(34)30-19-7-4-8-20(29-19)32-11-13-35-14-12-32)33-21(28-15)10-9-18(31-33)16-5-2-3-6-17(16)24(25,26)27/h2-10H,11-14H2,1H3,(H,29,30,34). The van der Waals surface area contributed by atoms with Crippen LogP contribution in [0.2, 0.25) is 0 Å². The quantitative estimate of drug-likeness (QED) is 0.469. The molecule has 1 N–H and O–H groups in total. The number of morpholine rings is 1. The van der Waals surface area contributed by atoms with Crippen molar-refractivity contribution in [3.63, 3.8) is 0 Å².